The van der Waals surface area contributed by atoms with E-state index in [0.29, 0.717) is 0 Å². The molecule has 1 aliphatic rings. The van der Waals surface area contributed by atoms with Gasteiger partial charge in [0.1, 0.15) is 11.6 Å². The molecule has 0 atom stereocenters. The molecule has 0 unspecified atom stereocenters. The first-order chi connectivity index (χ1) is 13.2. The summed E-state index contributed by atoms with van der Waals surface area (Å²) in [6.07, 6.45) is 1.01. The number of quaternary nitrogens is 1. The number of nitrogens with one attached hydrogen (secondary N) is 1. The van der Waals surface area contributed by atoms with Crippen LogP contribution >= 0.6 is 0 Å². The van der Waals surface area contributed by atoms with Gasteiger partial charge in [-0.3, -0.25) is 0 Å². The minimum absolute atomic E-state index is 0.737. The summed E-state index contributed by atoms with van der Waals surface area (Å²) in [7, 11) is 2.25. The molecule has 1 saturated heterocycles. The summed E-state index contributed by atoms with van der Waals surface area (Å²) in [6.45, 7) is 7.17. The lowest BCUT2D eigenvalue weighted by atomic mass is 10.1. The number of hydrogen-bond acceptors (Lipinski definition) is 4. The average molecular weight is 363 g/mol. The first-order valence-electron chi connectivity index (χ1n) is 9.81. The summed E-state index contributed by atoms with van der Waals surface area (Å²) in [5, 5.41) is 1.13. The van der Waals surface area contributed by atoms with E-state index in [1.54, 1.807) is 4.90 Å². The standard InChI is InChI=1S/C22H26N4O/c1-3-16-27-18-10-8-17(9-11-18)21-23-20-7-5-4-6-19(20)22(24-21)26-14-12-25(2)13-15-26/h4-11H,3,12-16H2,1-2H3/p+1. The van der Waals surface area contributed by atoms with Crippen molar-refractivity contribution in [3.05, 3.63) is 48.5 Å². The minimum atomic E-state index is 0.737. The van der Waals surface area contributed by atoms with E-state index in [4.69, 9.17) is 14.7 Å². The molecule has 140 valence electrons. The summed E-state index contributed by atoms with van der Waals surface area (Å²) in [5.41, 5.74) is 2.01. The molecule has 2 heterocycles. The van der Waals surface area contributed by atoms with Gasteiger partial charge in [-0.1, -0.05) is 19.1 Å². The van der Waals surface area contributed by atoms with Crippen molar-refractivity contribution >= 4 is 16.7 Å². The molecule has 1 aliphatic heterocycles. The second-order valence-electron chi connectivity index (χ2n) is 7.20. The molecule has 1 aromatic heterocycles. The third kappa shape index (κ3) is 3.88. The van der Waals surface area contributed by atoms with Crippen LogP contribution in [0.15, 0.2) is 48.5 Å². The zero-order valence-corrected chi connectivity index (χ0v) is 16.1. The van der Waals surface area contributed by atoms with Crippen LogP contribution in [0.3, 0.4) is 0 Å². The lowest BCUT2D eigenvalue weighted by Gasteiger charge is -2.31. The van der Waals surface area contributed by atoms with Gasteiger partial charge in [0.15, 0.2) is 5.82 Å². The zero-order chi connectivity index (χ0) is 18.6. The van der Waals surface area contributed by atoms with E-state index in [0.717, 1.165) is 73.1 Å². The molecule has 1 fully saturated rings. The van der Waals surface area contributed by atoms with Crippen molar-refractivity contribution in [1.82, 2.24) is 9.97 Å². The van der Waals surface area contributed by atoms with Gasteiger partial charge in [0.25, 0.3) is 0 Å². The van der Waals surface area contributed by atoms with Crippen LogP contribution in [0.4, 0.5) is 5.82 Å². The minimum Gasteiger partial charge on any atom is -0.494 e. The van der Waals surface area contributed by atoms with Gasteiger partial charge in [-0.25, -0.2) is 9.97 Å². The topological polar surface area (TPSA) is 42.7 Å². The highest BCUT2D eigenvalue weighted by atomic mass is 16.5. The predicted octanol–water partition coefficient (Wildman–Crippen LogP) is 2.42. The van der Waals surface area contributed by atoms with Gasteiger partial charge in [0, 0.05) is 10.9 Å². The molecule has 0 amide bonds. The van der Waals surface area contributed by atoms with Crippen LogP contribution in [0, 0.1) is 0 Å². The SMILES string of the molecule is CCCOc1ccc(-c2nc(N3CC[NH+](C)CC3)c3ccccc3n2)cc1. The molecule has 0 radical (unpaired) electrons. The van der Waals surface area contributed by atoms with Crippen molar-refractivity contribution < 1.29 is 9.64 Å². The van der Waals surface area contributed by atoms with E-state index in [-0.39, 0.29) is 0 Å². The number of benzene rings is 2. The van der Waals surface area contributed by atoms with Gasteiger partial charge >= 0.3 is 0 Å². The molecule has 0 aliphatic carbocycles. The Hall–Kier alpha value is -2.66. The molecular weight excluding hydrogens is 336 g/mol. The highest BCUT2D eigenvalue weighted by Gasteiger charge is 2.21. The van der Waals surface area contributed by atoms with Crippen molar-refractivity contribution in [2.75, 3.05) is 44.7 Å². The van der Waals surface area contributed by atoms with Gasteiger partial charge < -0.3 is 14.5 Å². The van der Waals surface area contributed by atoms with E-state index in [9.17, 15) is 0 Å². The molecule has 0 saturated carbocycles. The summed E-state index contributed by atoms with van der Waals surface area (Å²) in [6, 6.07) is 16.4. The summed E-state index contributed by atoms with van der Waals surface area (Å²) in [5.74, 6) is 2.72. The fourth-order valence-electron chi connectivity index (χ4n) is 3.45. The quantitative estimate of drug-likeness (QED) is 0.756. The third-order valence-corrected chi connectivity index (χ3v) is 5.09. The summed E-state index contributed by atoms with van der Waals surface area (Å²) < 4.78 is 5.69. The maximum Gasteiger partial charge on any atom is 0.162 e. The second kappa shape index (κ2) is 7.92. The molecule has 5 heteroatoms. The molecular formula is C22H27N4O+. The molecule has 0 spiro atoms. The Bertz CT molecular complexity index is 902. The van der Waals surface area contributed by atoms with Crippen molar-refractivity contribution in [2.45, 2.75) is 13.3 Å². The lowest BCUT2D eigenvalue weighted by Crippen LogP contribution is -3.12. The maximum atomic E-state index is 5.69. The van der Waals surface area contributed by atoms with Crippen LogP contribution in [-0.2, 0) is 0 Å². The number of ether oxygens (including phenoxy) is 1. The van der Waals surface area contributed by atoms with Crippen LogP contribution in [-0.4, -0.2) is 49.8 Å². The Balaban J connectivity index is 1.71. The molecule has 4 rings (SSSR count). The smallest absolute Gasteiger partial charge is 0.162 e. The Labute approximate surface area is 160 Å². The van der Waals surface area contributed by atoms with Gasteiger partial charge in [-0.15, -0.1) is 0 Å². The number of anilines is 1. The second-order valence-corrected chi connectivity index (χ2v) is 7.20. The van der Waals surface area contributed by atoms with Gasteiger partial charge in [-0.05, 0) is 42.8 Å². The number of para-hydroxylation sites is 1. The van der Waals surface area contributed by atoms with Crippen LogP contribution in [0.2, 0.25) is 0 Å². The summed E-state index contributed by atoms with van der Waals surface area (Å²) in [4.78, 5) is 13.8. The first-order valence-corrected chi connectivity index (χ1v) is 9.81. The Morgan fingerprint density at radius 3 is 2.48 bits per heavy atom. The van der Waals surface area contributed by atoms with Crippen molar-refractivity contribution in [3.8, 4) is 17.1 Å². The number of hydrogen-bond donors (Lipinski definition) is 1. The van der Waals surface area contributed by atoms with Crippen molar-refractivity contribution in [1.29, 1.82) is 0 Å². The Morgan fingerprint density at radius 2 is 1.74 bits per heavy atom. The van der Waals surface area contributed by atoms with Crippen LogP contribution in [0.25, 0.3) is 22.3 Å². The molecule has 3 aromatic rings. The zero-order valence-electron chi connectivity index (χ0n) is 16.1. The predicted molar refractivity (Wildman–Crippen MR) is 110 cm³/mol. The monoisotopic (exact) mass is 363 g/mol. The number of nitrogens with zero attached hydrogens (tertiary/aromatic N) is 3. The fraction of sp³-hybridized carbons (Fsp3) is 0.364. The first kappa shape index (κ1) is 17.7. The molecule has 27 heavy (non-hydrogen) atoms. The lowest BCUT2D eigenvalue weighted by molar-refractivity contribution is -0.880. The van der Waals surface area contributed by atoms with Crippen molar-refractivity contribution in [3.63, 3.8) is 0 Å². The average Bonchev–Trinajstić information content (AvgIpc) is 2.72. The number of aromatic nitrogens is 2. The van der Waals surface area contributed by atoms with E-state index >= 15 is 0 Å². The molecule has 2 aromatic carbocycles. The highest BCUT2D eigenvalue weighted by molar-refractivity contribution is 5.91. The third-order valence-electron chi connectivity index (χ3n) is 5.09. The van der Waals surface area contributed by atoms with Gasteiger partial charge in [0.2, 0.25) is 0 Å². The largest absolute Gasteiger partial charge is 0.494 e. The number of fused-ring (bicyclic) bond motifs is 1. The summed E-state index contributed by atoms with van der Waals surface area (Å²) >= 11 is 0. The molecule has 5 nitrogen and oxygen atoms in total. The number of piperazine rings is 1. The number of likely N-dealkylation sites (N-methyl/N-ethyl adjacent to an activating group) is 1. The van der Waals surface area contributed by atoms with Gasteiger partial charge in [-0.2, -0.15) is 0 Å². The van der Waals surface area contributed by atoms with E-state index in [1.165, 1.54) is 0 Å². The van der Waals surface area contributed by atoms with Crippen LogP contribution in [0.5, 0.6) is 5.75 Å². The van der Waals surface area contributed by atoms with E-state index in [2.05, 4.69) is 37.1 Å². The highest BCUT2D eigenvalue weighted by Crippen LogP contribution is 2.28. The Kier molecular flexibility index (Phi) is 5.21. The molecule has 0 bridgehead atoms. The van der Waals surface area contributed by atoms with Crippen molar-refractivity contribution in [2.24, 2.45) is 0 Å². The van der Waals surface area contributed by atoms with Crippen LogP contribution in [0.1, 0.15) is 13.3 Å². The van der Waals surface area contributed by atoms with Gasteiger partial charge in [0.05, 0.1) is 45.4 Å². The van der Waals surface area contributed by atoms with E-state index in [1.807, 2.05) is 30.3 Å². The fourth-order valence-corrected chi connectivity index (χ4v) is 3.45. The maximum absolute atomic E-state index is 5.69. The normalized spacial score (nSPS) is 15.3. The van der Waals surface area contributed by atoms with Crippen LogP contribution < -0.4 is 14.5 Å². The number of rotatable bonds is 5. The molecule has 1 N–H and O–H groups in total. The van der Waals surface area contributed by atoms with E-state index < -0.39 is 0 Å². The Morgan fingerprint density at radius 1 is 1.00 bits per heavy atom.